The Hall–Kier alpha value is -2.51. The Balaban J connectivity index is 1.92. The molecule has 1 aliphatic heterocycles. The molecule has 0 saturated heterocycles. The Bertz CT molecular complexity index is 1070. The monoisotopic (exact) mass is 431 g/mol. The molecule has 0 spiro atoms. The standard InChI is InChI=1S/C24H28F3N3O/c1-4-28-15-10-18(25)21(19(26)11-15)23-22-17(16-7-5-6-8-20(16)29-22)9-14(2)30(23)12-24(3,27)13-31/h5-8,10-11,14,23,28-29,31H,4,9,12-13H2,1-3H3. The summed E-state index contributed by atoms with van der Waals surface area (Å²) in [6, 6.07) is 9.27. The molecule has 0 saturated carbocycles. The second-order valence-electron chi connectivity index (χ2n) is 8.65. The fraction of sp³-hybridized carbons (Fsp3) is 0.417. The number of hydrogen-bond acceptors (Lipinski definition) is 3. The van der Waals surface area contributed by atoms with Crippen molar-refractivity contribution in [2.75, 3.05) is 25.0 Å². The number of fused-ring (bicyclic) bond motifs is 3. The highest BCUT2D eigenvalue weighted by Gasteiger charge is 2.41. The summed E-state index contributed by atoms with van der Waals surface area (Å²) in [5, 5.41) is 13.5. The highest BCUT2D eigenvalue weighted by atomic mass is 19.1. The van der Waals surface area contributed by atoms with Gasteiger partial charge >= 0.3 is 0 Å². The lowest BCUT2D eigenvalue weighted by atomic mass is 9.87. The van der Waals surface area contributed by atoms with Gasteiger partial charge in [-0.2, -0.15) is 0 Å². The number of para-hydroxylation sites is 1. The average Bonchev–Trinajstić information content (AvgIpc) is 3.08. The molecule has 4 rings (SSSR count). The topological polar surface area (TPSA) is 51.3 Å². The van der Waals surface area contributed by atoms with E-state index in [4.69, 9.17) is 0 Å². The lowest BCUT2D eigenvalue weighted by molar-refractivity contribution is 0.0162. The summed E-state index contributed by atoms with van der Waals surface area (Å²) < 4.78 is 45.6. The maximum absolute atomic E-state index is 15.3. The van der Waals surface area contributed by atoms with Crippen molar-refractivity contribution in [2.45, 2.75) is 44.9 Å². The number of aliphatic hydroxyl groups excluding tert-OH is 1. The van der Waals surface area contributed by atoms with E-state index in [1.807, 2.05) is 38.1 Å². The fourth-order valence-electron chi connectivity index (χ4n) is 4.65. The minimum Gasteiger partial charge on any atom is -0.393 e. The second-order valence-corrected chi connectivity index (χ2v) is 8.65. The summed E-state index contributed by atoms with van der Waals surface area (Å²) in [5.74, 6) is -1.37. The van der Waals surface area contributed by atoms with Gasteiger partial charge in [-0.1, -0.05) is 18.2 Å². The summed E-state index contributed by atoms with van der Waals surface area (Å²) in [7, 11) is 0. The second kappa shape index (κ2) is 8.20. The van der Waals surface area contributed by atoms with Crippen molar-refractivity contribution >= 4 is 16.6 Å². The van der Waals surface area contributed by atoms with Crippen molar-refractivity contribution in [1.82, 2.24) is 9.88 Å². The number of nitrogens with zero attached hydrogens (tertiary/aromatic N) is 1. The Morgan fingerprint density at radius 2 is 1.90 bits per heavy atom. The van der Waals surface area contributed by atoms with E-state index in [9.17, 15) is 9.50 Å². The first-order valence-electron chi connectivity index (χ1n) is 10.6. The van der Waals surface area contributed by atoms with Crippen LogP contribution in [-0.2, 0) is 6.42 Å². The van der Waals surface area contributed by atoms with Gasteiger partial charge in [-0.05, 0) is 51.0 Å². The molecule has 0 radical (unpaired) electrons. The number of aromatic amines is 1. The maximum Gasteiger partial charge on any atom is 0.143 e. The van der Waals surface area contributed by atoms with Gasteiger partial charge in [0.2, 0.25) is 0 Å². The number of hydrogen-bond donors (Lipinski definition) is 3. The zero-order chi connectivity index (χ0) is 22.3. The number of anilines is 1. The molecule has 3 N–H and O–H groups in total. The van der Waals surface area contributed by atoms with Crippen LogP contribution >= 0.6 is 0 Å². The molecule has 7 heteroatoms. The Morgan fingerprint density at radius 3 is 2.55 bits per heavy atom. The fourth-order valence-corrected chi connectivity index (χ4v) is 4.65. The van der Waals surface area contributed by atoms with E-state index in [1.165, 1.54) is 19.1 Å². The Morgan fingerprint density at radius 1 is 1.23 bits per heavy atom. The smallest absolute Gasteiger partial charge is 0.143 e. The van der Waals surface area contributed by atoms with Crippen molar-refractivity contribution in [1.29, 1.82) is 0 Å². The van der Waals surface area contributed by atoms with Crippen molar-refractivity contribution < 1.29 is 18.3 Å². The average molecular weight is 432 g/mol. The van der Waals surface area contributed by atoms with Gasteiger partial charge in [-0.15, -0.1) is 0 Å². The third-order valence-corrected chi connectivity index (χ3v) is 6.09. The molecular formula is C24H28F3N3O. The molecule has 2 heterocycles. The predicted octanol–water partition coefficient (Wildman–Crippen LogP) is 4.93. The number of nitrogens with one attached hydrogen (secondary N) is 2. The number of rotatable bonds is 6. The van der Waals surface area contributed by atoms with Crippen molar-refractivity contribution in [3.63, 3.8) is 0 Å². The van der Waals surface area contributed by atoms with Crippen LogP contribution in [0, 0.1) is 11.6 Å². The number of aromatic nitrogens is 1. The van der Waals surface area contributed by atoms with Gasteiger partial charge in [-0.3, -0.25) is 4.90 Å². The molecule has 1 aliphatic rings. The van der Waals surface area contributed by atoms with Gasteiger partial charge in [-0.25, -0.2) is 13.2 Å². The van der Waals surface area contributed by atoms with E-state index in [0.29, 0.717) is 24.3 Å². The molecule has 0 bridgehead atoms. The predicted molar refractivity (Wildman–Crippen MR) is 117 cm³/mol. The molecule has 0 amide bonds. The molecule has 3 aromatic rings. The summed E-state index contributed by atoms with van der Waals surface area (Å²) >= 11 is 0. The minimum absolute atomic E-state index is 0.116. The lowest BCUT2D eigenvalue weighted by Crippen LogP contribution is -2.50. The normalized spacial score (nSPS) is 21.1. The lowest BCUT2D eigenvalue weighted by Gasteiger charge is -2.43. The molecule has 31 heavy (non-hydrogen) atoms. The first kappa shape index (κ1) is 21.7. The van der Waals surface area contributed by atoms with Crippen LogP contribution in [0.4, 0.5) is 18.9 Å². The van der Waals surface area contributed by atoms with E-state index in [2.05, 4.69) is 10.3 Å². The number of alkyl halides is 1. The third kappa shape index (κ3) is 3.92. The van der Waals surface area contributed by atoms with Crippen LogP contribution in [0.5, 0.6) is 0 Å². The van der Waals surface area contributed by atoms with Crippen molar-refractivity contribution in [3.8, 4) is 0 Å². The highest BCUT2D eigenvalue weighted by molar-refractivity contribution is 5.85. The van der Waals surface area contributed by atoms with Gasteiger partial charge in [0.05, 0.1) is 12.6 Å². The minimum atomic E-state index is -1.91. The first-order chi connectivity index (χ1) is 14.8. The van der Waals surface area contributed by atoms with Gasteiger partial charge in [0.25, 0.3) is 0 Å². The summed E-state index contributed by atoms with van der Waals surface area (Å²) in [6.45, 7) is 4.78. The van der Waals surface area contributed by atoms with E-state index in [0.717, 1.165) is 16.5 Å². The molecule has 2 aromatic carbocycles. The number of H-pyrrole nitrogens is 1. The molecule has 1 aromatic heterocycles. The van der Waals surface area contributed by atoms with Gasteiger partial charge < -0.3 is 15.4 Å². The highest BCUT2D eigenvalue weighted by Crippen LogP contribution is 2.43. The van der Waals surface area contributed by atoms with E-state index >= 15 is 8.78 Å². The van der Waals surface area contributed by atoms with Crippen LogP contribution in [0.3, 0.4) is 0 Å². The van der Waals surface area contributed by atoms with Crippen LogP contribution in [0.2, 0.25) is 0 Å². The van der Waals surface area contributed by atoms with E-state index in [1.54, 1.807) is 4.90 Å². The van der Waals surface area contributed by atoms with Crippen molar-refractivity contribution in [3.05, 3.63) is 64.9 Å². The van der Waals surface area contributed by atoms with Crippen LogP contribution in [0.15, 0.2) is 36.4 Å². The summed E-state index contributed by atoms with van der Waals surface area (Å²) in [5.41, 5.74) is 0.869. The van der Waals surface area contributed by atoms with Crippen LogP contribution in [0.25, 0.3) is 10.9 Å². The van der Waals surface area contributed by atoms with Crippen molar-refractivity contribution in [2.24, 2.45) is 0 Å². The molecule has 3 atom stereocenters. The van der Waals surface area contributed by atoms with Gasteiger partial charge in [0, 0.05) is 47.0 Å². The molecular weight excluding hydrogens is 403 g/mol. The van der Waals surface area contributed by atoms with E-state index < -0.39 is 30.0 Å². The van der Waals surface area contributed by atoms with Gasteiger partial charge in [0.1, 0.15) is 17.3 Å². The summed E-state index contributed by atoms with van der Waals surface area (Å²) in [4.78, 5) is 5.09. The number of benzene rings is 2. The third-order valence-electron chi connectivity index (χ3n) is 6.09. The van der Waals surface area contributed by atoms with Crippen LogP contribution in [0.1, 0.15) is 43.6 Å². The molecule has 166 valence electrons. The molecule has 3 unspecified atom stereocenters. The zero-order valence-corrected chi connectivity index (χ0v) is 18.0. The van der Waals surface area contributed by atoms with E-state index in [-0.39, 0.29) is 18.2 Å². The molecule has 0 aliphatic carbocycles. The Labute approximate surface area is 180 Å². The molecule has 0 fully saturated rings. The maximum atomic E-state index is 15.3. The number of aliphatic hydroxyl groups is 1. The van der Waals surface area contributed by atoms with Gasteiger partial charge in [0.15, 0.2) is 0 Å². The van der Waals surface area contributed by atoms with Crippen LogP contribution in [-0.4, -0.2) is 46.4 Å². The first-order valence-corrected chi connectivity index (χ1v) is 10.6. The van der Waals surface area contributed by atoms with Crippen LogP contribution < -0.4 is 5.32 Å². The molecule has 4 nitrogen and oxygen atoms in total. The summed E-state index contributed by atoms with van der Waals surface area (Å²) in [6.07, 6.45) is 0.607. The Kier molecular flexibility index (Phi) is 5.75. The largest absolute Gasteiger partial charge is 0.393 e. The zero-order valence-electron chi connectivity index (χ0n) is 18.0. The number of halogens is 3. The SMILES string of the molecule is CCNc1cc(F)c(C2c3[nH]c4ccccc4c3CC(C)N2CC(C)(F)CO)c(F)c1. The quantitative estimate of drug-likeness (QED) is 0.519.